The summed E-state index contributed by atoms with van der Waals surface area (Å²) in [5, 5.41) is 8.74. The van der Waals surface area contributed by atoms with Gasteiger partial charge in [-0.05, 0) is 61.8 Å². The largest absolute Gasteiger partial charge is 0.330 e. The van der Waals surface area contributed by atoms with Crippen LogP contribution in [-0.2, 0) is 0 Å². The van der Waals surface area contributed by atoms with Crippen LogP contribution in [0.2, 0.25) is 0 Å². The number of hydrogen-bond acceptors (Lipinski definition) is 2. The molecule has 1 aromatic carbocycles. The third kappa shape index (κ3) is 2.43. The first-order valence-electron chi connectivity index (χ1n) is 6.03. The number of rotatable bonds is 2. The highest BCUT2D eigenvalue weighted by Crippen LogP contribution is 2.35. The van der Waals surface area contributed by atoms with Crippen molar-refractivity contribution >= 4 is 0 Å². The zero-order valence-electron chi connectivity index (χ0n) is 9.52. The van der Waals surface area contributed by atoms with E-state index in [9.17, 15) is 0 Å². The van der Waals surface area contributed by atoms with Crippen molar-refractivity contribution in [2.45, 2.75) is 31.6 Å². The van der Waals surface area contributed by atoms with Crippen LogP contribution in [0.15, 0.2) is 24.3 Å². The van der Waals surface area contributed by atoms with Crippen LogP contribution in [0, 0.1) is 17.2 Å². The second-order valence-electron chi connectivity index (χ2n) is 4.69. The maximum atomic E-state index is 8.74. The molecular formula is C14H18N2. The fourth-order valence-electron chi connectivity index (χ4n) is 2.56. The molecule has 1 fully saturated rings. The van der Waals surface area contributed by atoms with Crippen LogP contribution in [0.3, 0.4) is 0 Å². The van der Waals surface area contributed by atoms with Gasteiger partial charge in [-0.25, -0.2) is 0 Å². The average Bonchev–Trinajstić information content (AvgIpc) is 2.39. The molecule has 0 aliphatic heterocycles. The maximum Gasteiger partial charge on any atom is 0.0991 e. The zero-order chi connectivity index (χ0) is 11.4. The Morgan fingerprint density at radius 2 is 1.75 bits per heavy atom. The standard InChI is InChI=1S/C14H18N2/c15-9-11-1-5-13(6-2-11)14-7-3-12(10-16)4-8-14/h1-2,5-6,12,14H,3-4,7-8,10,16H2. The Labute approximate surface area is 97.1 Å². The molecule has 0 bridgehead atoms. The van der Waals surface area contributed by atoms with Gasteiger partial charge >= 0.3 is 0 Å². The van der Waals surface area contributed by atoms with E-state index in [0.717, 1.165) is 18.0 Å². The van der Waals surface area contributed by atoms with Gasteiger partial charge in [0.25, 0.3) is 0 Å². The quantitative estimate of drug-likeness (QED) is 0.823. The molecule has 0 atom stereocenters. The summed E-state index contributed by atoms with van der Waals surface area (Å²) in [5.41, 5.74) is 7.82. The van der Waals surface area contributed by atoms with Crippen molar-refractivity contribution < 1.29 is 0 Å². The van der Waals surface area contributed by atoms with Gasteiger partial charge in [0, 0.05) is 0 Å². The van der Waals surface area contributed by atoms with Gasteiger partial charge in [-0.15, -0.1) is 0 Å². The van der Waals surface area contributed by atoms with Crippen molar-refractivity contribution in [1.29, 1.82) is 5.26 Å². The first-order valence-corrected chi connectivity index (χ1v) is 6.03. The number of nitrogens with two attached hydrogens (primary N) is 1. The predicted octanol–water partition coefficient (Wildman–Crippen LogP) is 2.79. The molecule has 0 heterocycles. The molecular weight excluding hydrogens is 196 g/mol. The first kappa shape index (κ1) is 11.2. The summed E-state index contributed by atoms with van der Waals surface area (Å²) in [7, 11) is 0. The third-order valence-corrected chi connectivity index (χ3v) is 3.69. The molecule has 0 unspecified atom stereocenters. The molecule has 1 aromatic rings. The van der Waals surface area contributed by atoms with Crippen molar-refractivity contribution in [2.75, 3.05) is 6.54 Å². The van der Waals surface area contributed by atoms with Crippen LogP contribution in [-0.4, -0.2) is 6.54 Å². The molecule has 16 heavy (non-hydrogen) atoms. The van der Waals surface area contributed by atoms with E-state index in [1.54, 1.807) is 0 Å². The molecule has 2 N–H and O–H groups in total. The van der Waals surface area contributed by atoms with Gasteiger partial charge in [-0.1, -0.05) is 12.1 Å². The molecule has 0 radical (unpaired) electrons. The smallest absolute Gasteiger partial charge is 0.0991 e. The van der Waals surface area contributed by atoms with E-state index in [1.807, 2.05) is 12.1 Å². The van der Waals surface area contributed by atoms with Crippen molar-refractivity contribution in [1.82, 2.24) is 0 Å². The lowest BCUT2D eigenvalue weighted by atomic mass is 9.79. The average molecular weight is 214 g/mol. The fourth-order valence-corrected chi connectivity index (χ4v) is 2.56. The summed E-state index contributed by atoms with van der Waals surface area (Å²) in [6.45, 7) is 0.833. The minimum absolute atomic E-state index is 0.676. The van der Waals surface area contributed by atoms with Gasteiger partial charge in [-0.3, -0.25) is 0 Å². The fraction of sp³-hybridized carbons (Fsp3) is 0.500. The van der Waals surface area contributed by atoms with E-state index in [1.165, 1.54) is 31.2 Å². The monoisotopic (exact) mass is 214 g/mol. The summed E-state index contributed by atoms with van der Waals surface area (Å²) in [5.74, 6) is 1.41. The highest BCUT2D eigenvalue weighted by atomic mass is 14.5. The van der Waals surface area contributed by atoms with Gasteiger partial charge in [0.15, 0.2) is 0 Å². The minimum Gasteiger partial charge on any atom is -0.330 e. The Morgan fingerprint density at radius 1 is 1.12 bits per heavy atom. The Bertz CT molecular complexity index is 367. The molecule has 2 nitrogen and oxygen atoms in total. The Hall–Kier alpha value is -1.33. The number of nitriles is 1. The van der Waals surface area contributed by atoms with Crippen LogP contribution in [0.5, 0.6) is 0 Å². The minimum atomic E-state index is 0.676. The zero-order valence-corrected chi connectivity index (χ0v) is 9.52. The van der Waals surface area contributed by atoms with Gasteiger partial charge in [0.1, 0.15) is 0 Å². The van der Waals surface area contributed by atoms with Crippen molar-refractivity contribution in [3.05, 3.63) is 35.4 Å². The molecule has 1 aliphatic carbocycles. The second kappa shape index (κ2) is 5.14. The molecule has 0 spiro atoms. The summed E-state index contributed by atoms with van der Waals surface area (Å²) in [4.78, 5) is 0. The normalized spacial score (nSPS) is 25.0. The predicted molar refractivity (Wildman–Crippen MR) is 64.9 cm³/mol. The van der Waals surface area contributed by atoms with Crippen LogP contribution in [0.25, 0.3) is 0 Å². The lowest BCUT2D eigenvalue weighted by Crippen LogP contribution is -2.20. The van der Waals surface area contributed by atoms with Gasteiger partial charge in [0.05, 0.1) is 11.6 Å². The maximum absolute atomic E-state index is 8.74. The van der Waals surface area contributed by atoms with Crippen molar-refractivity contribution in [3.63, 3.8) is 0 Å². The van der Waals surface area contributed by atoms with E-state index in [2.05, 4.69) is 18.2 Å². The van der Waals surface area contributed by atoms with E-state index in [4.69, 9.17) is 11.0 Å². The molecule has 0 amide bonds. The number of hydrogen-bond donors (Lipinski definition) is 1. The van der Waals surface area contributed by atoms with Crippen LogP contribution in [0.1, 0.15) is 42.7 Å². The van der Waals surface area contributed by atoms with Crippen molar-refractivity contribution in [2.24, 2.45) is 11.7 Å². The summed E-state index contributed by atoms with van der Waals surface area (Å²) in [6, 6.07) is 10.2. The van der Waals surface area contributed by atoms with Gasteiger partial charge < -0.3 is 5.73 Å². The molecule has 84 valence electrons. The second-order valence-corrected chi connectivity index (χ2v) is 4.69. The Balaban J connectivity index is 2.00. The number of nitrogens with zero attached hydrogens (tertiary/aromatic N) is 1. The Kier molecular flexibility index (Phi) is 3.58. The first-order chi connectivity index (χ1) is 7.83. The molecule has 0 saturated heterocycles. The van der Waals surface area contributed by atoms with Gasteiger partial charge in [-0.2, -0.15) is 5.26 Å². The molecule has 1 aliphatic rings. The van der Waals surface area contributed by atoms with E-state index in [0.29, 0.717) is 5.92 Å². The summed E-state index contributed by atoms with van der Waals surface area (Å²) in [6.07, 6.45) is 4.99. The number of benzene rings is 1. The Morgan fingerprint density at radius 3 is 2.25 bits per heavy atom. The van der Waals surface area contributed by atoms with E-state index in [-0.39, 0.29) is 0 Å². The molecule has 2 heteroatoms. The van der Waals surface area contributed by atoms with Crippen LogP contribution < -0.4 is 5.73 Å². The van der Waals surface area contributed by atoms with E-state index < -0.39 is 0 Å². The topological polar surface area (TPSA) is 49.8 Å². The van der Waals surface area contributed by atoms with Crippen LogP contribution in [0.4, 0.5) is 0 Å². The molecule has 1 saturated carbocycles. The van der Waals surface area contributed by atoms with Gasteiger partial charge in [0.2, 0.25) is 0 Å². The van der Waals surface area contributed by atoms with Crippen molar-refractivity contribution in [3.8, 4) is 6.07 Å². The summed E-state index contributed by atoms with van der Waals surface area (Å²) >= 11 is 0. The van der Waals surface area contributed by atoms with E-state index >= 15 is 0 Å². The lowest BCUT2D eigenvalue weighted by Gasteiger charge is -2.27. The molecule has 2 rings (SSSR count). The van der Waals surface area contributed by atoms with Crippen LogP contribution >= 0.6 is 0 Å². The molecule has 0 aromatic heterocycles. The third-order valence-electron chi connectivity index (χ3n) is 3.69. The summed E-state index contributed by atoms with van der Waals surface area (Å²) < 4.78 is 0. The highest BCUT2D eigenvalue weighted by molar-refractivity contribution is 5.33. The lowest BCUT2D eigenvalue weighted by molar-refractivity contribution is 0.333. The SMILES string of the molecule is N#Cc1ccc(C2CCC(CN)CC2)cc1. The highest BCUT2D eigenvalue weighted by Gasteiger charge is 2.21.